The van der Waals surface area contributed by atoms with Crippen molar-refractivity contribution >= 4 is 22.0 Å². The van der Waals surface area contributed by atoms with Crippen LogP contribution in [0.5, 0.6) is 0 Å². The molecule has 1 heterocycles. The van der Waals surface area contributed by atoms with Crippen LogP contribution in [0.2, 0.25) is 0 Å². The lowest BCUT2D eigenvalue weighted by atomic mass is 9.85. The van der Waals surface area contributed by atoms with Crippen LogP contribution in [-0.4, -0.2) is 44.3 Å². The topological polar surface area (TPSA) is 123 Å². The van der Waals surface area contributed by atoms with Gasteiger partial charge in [0.25, 0.3) is 10.1 Å². The SMILES string of the molecule is C=C(C)C(=O)NCC(=O)OC1C2CC3C1OS(=O)(=O)C3C2C#N. The van der Waals surface area contributed by atoms with Gasteiger partial charge in [0.15, 0.2) is 0 Å². The zero-order chi connectivity index (χ0) is 16.9. The summed E-state index contributed by atoms with van der Waals surface area (Å²) in [4.78, 5) is 23.2. The second-order valence-corrected chi connectivity index (χ2v) is 7.88. The molecule has 1 aliphatic heterocycles. The van der Waals surface area contributed by atoms with E-state index in [4.69, 9.17) is 8.92 Å². The molecule has 124 valence electrons. The van der Waals surface area contributed by atoms with E-state index >= 15 is 0 Å². The first-order chi connectivity index (χ1) is 10.8. The van der Waals surface area contributed by atoms with Crippen LogP contribution in [0.15, 0.2) is 12.2 Å². The second kappa shape index (κ2) is 5.32. The zero-order valence-electron chi connectivity index (χ0n) is 12.4. The lowest BCUT2D eigenvalue weighted by molar-refractivity contribution is -0.156. The number of rotatable bonds is 4. The van der Waals surface area contributed by atoms with Crippen molar-refractivity contribution in [1.29, 1.82) is 5.26 Å². The Kier molecular flexibility index (Phi) is 3.69. The number of nitriles is 1. The summed E-state index contributed by atoms with van der Waals surface area (Å²) in [5.41, 5.74) is 0.260. The highest BCUT2D eigenvalue weighted by Crippen LogP contribution is 2.58. The van der Waals surface area contributed by atoms with E-state index < -0.39 is 45.4 Å². The highest BCUT2D eigenvalue weighted by molar-refractivity contribution is 7.87. The first-order valence-corrected chi connectivity index (χ1v) is 8.68. The molecule has 2 bridgehead atoms. The number of hydrogen-bond donors (Lipinski definition) is 1. The molecule has 0 radical (unpaired) electrons. The molecular weight excluding hydrogens is 324 g/mol. The van der Waals surface area contributed by atoms with Crippen LogP contribution < -0.4 is 5.32 Å². The molecule has 3 aliphatic rings. The average molecular weight is 340 g/mol. The van der Waals surface area contributed by atoms with Gasteiger partial charge in [-0.15, -0.1) is 0 Å². The molecule has 9 heteroatoms. The Morgan fingerprint density at radius 2 is 2.13 bits per heavy atom. The van der Waals surface area contributed by atoms with Crippen molar-refractivity contribution in [3.8, 4) is 6.07 Å². The van der Waals surface area contributed by atoms with Crippen molar-refractivity contribution < 1.29 is 26.9 Å². The Bertz CT molecular complexity index is 724. The van der Waals surface area contributed by atoms with Gasteiger partial charge < -0.3 is 10.1 Å². The number of carbonyl (C=O) groups is 2. The summed E-state index contributed by atoms with van der Waals surface area (Å²) in [6, 6.07) is 2.02. The van der Waals surface area contributed by atoms with Crippen molar-refractivity contribution in [3.05, 3.63) is 12.2 Å². The Hall–Kier alpha value is -1.92. The van der Waals surface area contributed by atoms with E-state index in [9.17, 15) is 23.3 Å². The third-order valence-electron chi connectivity index (χ3n) is 4.73. The highest BCUT2D eigenvalue weighted by Gasteiger charge is 2.70. The van der Waals surface area contributed by atoms with Crippen LogP contribution in [0.25, 0.3) is 0 Å². The van der Waals surface area contributed by atoms with Crippen molar-refractivity contribution in [1.82, 2.24) is 5.32 Å². The van der Waals surface area contributed by atoms with Crippen molar-refractivity contribution in [3.63, 3.8) is 0 Å². The summed E-state index contributed by atoms with van der Waals surface area (Å²) >= 11 is 0. The van der Waals surface area contributed by atoms with Gasteiger partial charge in [-0.05, 0) is 13.3 Å². The standard InChI is InChI=1S/C14H16N2O6S/c1-6(2)14(18)16-5-10(17)21-11-7-3-8-12(11)22-23(19,20)13(8)9(7)4-15/h7-9,11-13H,1,3,5H2,2H3,(H,16,18). The summed E-state index contributed by atoms with van der Waals surface area (Å²) in [6.07, 6.45) is -1.00. The Balaban J connectivity index is 1.69. The maximum absolute atomic E-state index is 12.0. The van der Waals surface area contributed by atoms with Crippen LogP contribution >= 0.6 is 0 Å². The molecule has 8 nitrogen and oxygen atoms in total. The molecule has 0 aromatic heterocycles. The van der Waals surface area contributed by atoms with Crippen LogP contribution in [0.1, 0.15) is 13.3 Å². The lowest BCUT2D eigenvalue weighted by Gasteiger charge is -2.27. The third kappa shape index (κ3) is 2.42. The van der Waals surface area contributed by atoms with E-state index in [0.717, 1.165) is 0 Å². The number of esters is 1. The van der Waals surface area contributed by atoms with Crippen molar-refractivity contribution in [2.24, 2.45) is 17.8 Å². The summed E-state index contributed by atoms with van der Waals surface area (Å²) in [6.45, 7) is 4.61. The van der Waals surface area contributed by atoms with E-state index in [1.165, 1.54) is 6.92 Å². The van der Waals surface area contributed by atoms with Crippen LogP contribution in [-0.2, 0) is 28.6 Å². The average Bonchev–Trinajstić information content (AvgIpc) is 3.06. The van der Waals surface area contributed by atoms with Gasteiger partial charge in [-0.2, -0.15) is 13.7 Å². The number of nitrogens with zero attached hydrogens (tertiary/aromatic N) is 1. The molecule has 0 aromatic rings. The van der Waals surface area contributed by atoms with Crippen molar-refractivity contribution in [2.45, 2.75) is 30.8 Å². The smallest absolute Gasteiger partial charge is 0.325 e. The first-order valence-electron chi connectivity index (χ1n) is 7.21. The normalized spacial score (nSPS) is 38.8. The van der Waals surface area contributed by atoms with Crippen LogP contribution in [0.3, 0.4) is 0 Å². The third-order valence-corrected chi connectivity index (χ3v) is 6.53. The monoisotopic (exact) mass is 340 g/mol. The molecule has 1 amide bonds. The predicted molar refractivity (Wildman–Crippen MR) is 76.0 cm³/mol. The highest BCUT2D eigenvalue weighted by atomic mass is 32.2. The van der Waals surface area contributed by atoms with Gasteiger partial charge in [0.1, 0.15) is 24.0 Å². The van der Waals surface area contributed by atoms with Gasteiger partial charge in [-0.1, -0.05) is 6.58 Å². The molecule has 6 atom stereocenters. The molecule has 3 rings (SSSR count). The number of amides is 1. The molecular formula is C14H16N2O6S. The second-order valence-electron chi connectivity index (χ2n) is 6.15. The lowest BCUT2D eigenvalue weighted by Crippen LogP contribution is -2.43. The minimum Gasteiger partial charge on any atom is -0.458 e. The van der Waals surface area contributed by atoms with E-state index in [-0.39, 0.29) is 24.0 Å². The fraction of sp³-hybridized carbons (Fsp3) is 0.643. The molecule has 0 spiro atoms. The number of ether oxygens (including phenoxy) is 1. The molecule has 6 unspecified atom stereocenters. The maximum Gasteiger partial charge on any atom is 0.325 e. The number of nitrogens with one attached hydrogen (secondary N) is 1. The van der Waals surface area contributed by atoms with E-state index in [0.29, 0.717) is 6.42 Å². The molecule has 1 N–H and O–H groups in total. The largest absolute Gasteiger partial charge is 0.458 e. The molecule has 23 heavy (non-hydrogen) atoms. The molecule has 2 aliphatic carbocycles. The Labute approximate surface area is 133 Å². The number of carbonyl (C=O) groups excluding carboxylic acids is 2. The Morgan fingerprint density at radius 1 is 1.43 bits per heavy atom. The first kappa shape index (κ1) is 16.0. The molecule has 0 aromatic carbocycles. The zero-order valence-corrected chi connectivity index (χ0v) is 13.2. The van der Waals surface area contributed by atoms with Gasteiger partial charge in [0.05, 0.1) is 12.0 Å². The van der Waals surface area contributed by atoms with Gasteiger partial charge in [-0.25, -0.2) is 0 Å². The predicted octanol–water partition coefficient (Wildman–Crippen LogP) is -0.523. The summed E-state index contributed by atoms with van der Waals surface area (Å²) in [5.74, 6) is -2.55. The van der Waals surface area contributed by atoms with Gasteiger partial charge in [0, 0.05) is 17.4 Å². The van der Waals surface area contributed by atoms with E-state index in [1.807, 2.05) is 6.07 Å². The fourth-order valence-electron chi connectivity index (χ4n) is 3.81. The van der Waals surface area contributed by atoms with Crippen LogP contribution in [0.4, 0.5) is 0 Å². The minimum absolute atomic E-state index is 0.260. The summed E-state index contributed by atoms with van der Waals surface area (Å²) in [5, 5.41) is 10.8. The summed E-state index contributed by atoms with van der Waals surface area (Å²) < 4.78 is 34.4. The van der Waals surface area contributed by atoms with Gasteiger partial charge in [-0.3, -0.25) is 13.8 Å². The fourth-order valence-corrected chi connectivity index (χ4v) is 5.82. The Morgan fingerprint density at radius 3 is 2.74 bits per heavy atom. The molecule has 3 fully saturated rings. The quantitative estimate of drug-likeness (QED) is 0.415. The summed E-state index contributed by atoms with van der Waals surface area (Å²) in [7, 11) is -3.79. The van der Waals surface area contributed by atoms with Crippen LogP contribution in [0, 0.1) is 29.1 Å². The molecule has 1 saturated heterocycles. The number of fused-ring (bicyclic) bond motifs is 1. The number of hydrogen-bond acceptors (Lipinski definition) is 7. The maximum atomic E-state index is 12.0. The van der Waals surface area contributed by atoms with E-state index in [2.05, 4.69) is 11.9 Å². The minimum atomic E-state index is -3.79. The molecule has 2 saturated carbocycles. The van der Waals surface area contributed by atoms with Gasteiger partial charge >= 0.3 is 5.97 Å². The van der Waals surface area contributed by atoms with E-state index in [1.54, 1.807) is 0 Å². The van der Waals surface area contributed by atoms with Gasteiger partial charge in [0.2, 0.25) is 5.91 Å². The van der Waals surface area contributed by atoms with Crippen molar-refractivity contribution in [2.75, 3.05) is 6.54 Å².